The molecule has 1 N–H and O–H groups in total. The molecule has 6 heteroatoms. The molecule has 0 saturated carbocycles. The van der Waals surface area contributed by atoms with Crippen LogP contribution in [0.25, 0.3) is 0 Å². The molecule has 0 spiro atoms. The van der Waals surface area contributed by atoms with Gasteiger partial charge >= 0.3 is 0 Å². The lowest BCUT2D eigenvalue weighted by Gasteiger charge is -2.34. The first-order chi connectivity index (χ1) is 12.7. The Morgan fingerprint density at radius 2 is 1.81 bits per heavy atom. The lowest BCUT2D eigenvalue weighted by atomic mass is 10.1. The number of amides is 2. The molecule has 1 aliphatic heterocycles. The Labute approximate surface area is 158 Å². The maximum absolute atomic E-state index is 12.6. The van der Waals surface area contributed by atoms with Crippen LogP contribution >= 0.6 is 11.3 Å². The standard InChI is InChI=1S/C20H25N3O2S/c1-2-16-5-7-17(8-6-16)20(25)23-11-9-22(10-12-23)15-19(24)21-14-18-4-3-13-26-18/h3-8,13H,2,9-12,14-15H2,1H3,(H,21,24). The number of rotatable bonds is 6. The zero-order valence-corrected chi connectivity index (χ0v) is 15.9. The van der Waals surface area contributed by atoms with Crippen LogP contribution in [-0.4, -0.2) is 54.3 Å². The number of benzene rings is 1. The molecule has 3 rings (SSSR count). The third-order valence-electron chi connectivity index (χ3n) is 4.68. The van der Waals surface area contributed by atoms with E-state index in [-0.39, 0.29) is 11.8 Å². The molecular weight excluding hydrogens is 346 g/mol. The van der Waals surface area contributed by atoms with Gasteiger partial charge in [-0.2, -0.15) is 0 Å². The zero-order chi connectivity index (χ0) is 18.4. The minimum absolute atomic E-state index is 0.0355. The minimum Gasteiger partial charge on any atom is -0.350 e. The Kier molecular flexibility index (Phi) is 6.41. The molecule has 2 heterocycles. The van der Waals surface area contributed by atoms with Crippen LogP contribution in [0.2, 0.25) is 0 Å². The number of carbonyl (C=O) groups excluding carboxylic acids is 2. The minimum atomic E-state index is 0.0355. The van der Waals surface area contributed by atoms with E-state index in [2.05, 4.69) is 17.1 Å². The van der Waals surface area contributed by atoms with Gasteiger partial charge in [0.05, 0.1) is 13.1 Å². The Balaban J connectivity index is 1.43. The Hall–Kier alpha value is -2.18. The summed E-state index contributed by atoms with van der Waals surface area (Å²) in [7, 11) is 0. The van der Waals surface area contributed by atoms with Crippen molar-refractivity contribution in [1.82, 2.24) is 15.1 Å². The summed E-state index contributed by atoms with van der Waals surface area (Å²) in [5.74, 6) is 0.114. The molecular formula is C20H25N3O2S. The monoisotopic (exact) mass is 371 g/mol. The Morgan fingerprint density at radius 1 is 1.08 bits per heavy atom. The molecule has 2 aromatic rings. The summed E-state index contributed by atoms with van der Waals surface area (Å²) in [6.07, 6.45) is 0.974. The van der Waals surface area contributed by atoms with Crippen molar-refractivity contribution in [3.63, 3.8) is 0 Å². The van der Waals surface area contributed by atoms with E-state index in [1.165, 1.54) is 5.56 Å². The van der Waals surface area contributed by atoms with Crippen molar-refractivity contribution in [3.8, 4) is 0 Å². The van der Waals surface area contributed by atoms with Gasteiger partial charge in [-0.3, -0.25) is 14.5 Å². The van der Waals surface area contributed by atoms with E-state index >= 15 is 0 Å². The predicted octanol–water partition coefficient (Wildman–Crippen LogP) is 2.38. The summed E-state index contributed by atoms with van der Waals surface area (Å²) in [5, 5.41) is 4.96. The van der Waals surface area contributed by atoms with Gasteiger partial charge in [0.25, 0.3) is 5.91 Å². The number of thiophene rings is 1. The number of nitrogens with zero attached hydrogens (tertiary/aromatic N) is 2. The van der Waals surface area contributed by atoms with Crippen molar-refractivity contribution in [2.45, 2.75) is 19.9 Å². The van der Waals surface area contributed by atoms with Crippen LogP contribution in [-0.2, 0) is 17.8 Å². The summed E-state index contributed by atoms with van der Waals surface area (Å²) in [4.78, 5) is 29.8. The van der Waals surface area contributed by atoms with E-state index in [4.69, 9.17) is 0 Å². The van der Waals surface area contributed by atoms with Crippen LogP contribution in [0.5, 0.6) is 0 Å². The van der Waals surface area contributed by atoms with Crippen molar-refractivity contribution in [2.24, 2.45) is 0 Å². The number of piperazine rings is 1. The molecule has 0 aliphatic carbocycles. The van der Waals surface area contributed by atoms with E-state index < -0.39 is 0 Å². The van der Waals surface area contributed by atoms with Crippen molar-refractivity contribution < 1.29 is 9.59 Å². The largest absolute Gasteiger partial charge is 0.350 e. The average molecular weight is 372 g/mol. The summed E-state index contributed by atoms with van der Waals surface area (Å²) >= 11 is 1.64. The van der Waals surface area contributed by atoms with Crippen molar-refractivity contribution >= 4 is 23.2 Å². The van der Waals surface area contributed by atoms with Crippen LogP contribution in [0.3, 0.4) is 0 Å². The van der Waals surface area contributed by atoms with E-state index in [9.17, 15) is 9.59 Å². The Morgan fingerprint density at radius 3 is 2.42 bits per heavy atom. The van der Waals surface area contributed by atoms with Gasteiger partial charge in [0.2, 0.25) is 5.91 Å². The molecule has 0 radical (unpaired) electrons. The van der Waals surface area contributed by atoms with Gasteiger partial charge in [-0.05, 0) is 35.6 Å². The summed E-state index contributed by atoms with van der Waals surface area (Å²) in [5.41, 5.74) is 1.98. The lowest BCUT2D eigenvalue weighted by Crippen LogP contribution is -2.51. The maximum Gasteiger partial charge on any atom is 0.253 e. The SMILES string of the molecule is CCc1ccc(C(=O)N2CCN(CC(=O)NCc3cccs3)CC2)cc1. The third kappa shape index (κ3) is 4.93. The summed E-state index contributed by atoms with van der Waals surface area (Å²) < 4.78 is 0. The highest BCUT2D eigenvalue weighted by molar-refractivity contribution is 7.09. The van der Waals surface area contributed by atoms with Crippen molar-refractivity contribution in [1.29, 1.82) is 0 Å². The van der Waals surface area contributed by atoms with Crippen LogP contribution in [0.1, 0.15) is 27.7 Å². The van der Waals surface area contributed by atoms with Crippen molar-refractivity contribution in [2.75, 3.05) is 32.7 Å². The lowest BCUT2D eigenvalue weighted by molar-refractivity contribution is -0.122. The number of carbonyl (C=O) groups is 2. The number of aryl methyl sites for hydroxylation is 1. The first-order valence-electron chi connectivity index (χ1n) is 9.05. The van der Waals surface area contributed by atoms with Gasteiger partial charge in [0, 0.05) is 36.6 Å². The quantitative estimate of drug-likeness (QED) is 0.848. The molecule has 138 valence electrons. The number of nitrogens with one attached hydrogen (secondary N) is 1. The molecule has 1 aromatic heterocycles. The second-order valence-electron chi connectivity index (χ2n) is 6.47. The van der Waals surface area contributed by atoms with Gasteiger partial charge in [0.1, 0.15) is 0 Å². The van der Waals surface area contributed by atoms with E-state index in [1.54, 1.807) is 11.3 Å². The van der Waals surface area contributed by atoms with Crippen molar-refractivity contribution in [3.05, 3.63) is 57.8 Å². The highest BCUT2D eigenvalue weighted by Crippen LogP contribution is 2.11. The predicted molar refractivity (Wildman–Crippen MR) is 104 cm³/mol. The fraction of sp³-hybridized carbons (Fsp3) is 0.400. The highest BCUT2D eigenvalue weighted by atomic mass is 32.1. The van der Waals surface area contributed by atoms with Crippen LogP contribution in [0, 0.1) is 0 Å². The molecule has 0 bridgehead atoms. The molecule has 0 unspecified atom stereocenters. The first kappa shape index (κ1) is 18.6. The van der Waals surface area contributed by atoms with E-state index in [0.29, 0.717) is 26.2 Å². The highest BCUT2D eigenvalue weighted by Gasteiger charge is 2.23. The fourth-order valence-corrected chi connectivity index (χ4v) is 3.68. The smallest absolute Gasteiger partial charge is 0.253 e. The van der Waals surface area contributed by atoms with Crippen LogP contribution < -0.4 is 5.32 Å². The fourth-order valence-electron chi connectivity index (χ4n) is 3.03. The normalized spacial score (nSPS) is 15.0. The molecule has 1 aliphatic rings. The van der Waals surface area contributed by atoms with Gasteiger partial charge in [-0.25, -0.2) is 0 Å². The second kappa shape index (κ2) is 8.96. The topological polar surface area (TPSA) is 52.7 Å². The van der Waals surface area contributed by atoms with E-state index in [1.807, 2.05) is 46.7 Å². The molecule has 5 nitrogen and oxygen atoms in total. The molecule has 1 saturated heterocycles. The Bertz CT molecular complexity index is 720. The van der Waals surface area contributed by atoms with Gasteiger partial charge in [-0.1, -0.05) is 25.1 Å². The first-order valence-corrected chi connectivity index (χ1v) is 9.93. The molecule has 2 amide bonds. The zero-order valence-electron chi connectivity index (χ0n) is 15.1. The number of hydrogen-bond donors (Lipinski definition) is 1. The van der Waals surface area contributed by atoms with Gasteiger partial charge in [-0.15, -0.1) is 11.3 Å². The summed E-state index contributed by atoms with van der Waals surface area (Å²) in [6, 6.07) is 11.8. The summed E-state index contributed by atoms with van der Waals surface area (Å²) in [6.45, 7) is 5.85. The van der Waals surface area contributed by atoms with Crippen LogP contribution in [0.4, 0.5) is 0 Å². The average Bonchev–Trinajstić information content (AvgIpc) is 3.20. The molecule has 1 aromatic carbocycles. The van der Waals surface area contributed by atoms with Crippen LogP contribution in [0.15, 0.2) is 41.8 Å². The van der Waals surface area contributed by atoms with Gasteiger partial charge in [0.15, 0.2) is 0 Å². The second-order valence-corrected chi connectivity index (χ2v) is 7.51. The van der Waals surface area contributed by atoms with E-state index in [0.717, 1.165) is 30.0 Å². The molecule has 1 fully saturated rings. The third-order valence-corrected chi connectivity index (χ3v) is 5.55. The maximum atomic E-state index is 12.6. The molecule has 0 atom stereocenters. The number of hydrogen-bond acceptors (Lipinski definition) is 4. The molecule has 26 heavy (non-hydrogen) atoms. The van der Waals surface area contributed by atoms with Gasteiger partial charge < -0.3 is 10.2 Å².